The Morgan fingerprint density at radius 2 is 2.00 bits per heavy atom. The van der Waals surface area contributed by atoms with Crippen LogP contribution in [-0.4, -0.2) is 11.9 Å². The van der Waals surface area contributed by atoms with Gasteiger partial charge in [-0.3, -0.25) is 4.79 Å². The first kappa shape index (κ1) is 19.0. The molecule has 0 radical (unpaired) electrons. The second-order valence-electron chi connectivity index (χ2n) is 7.61. The lowest BCUT2D eigenvalue weighted by atomic mass is 9.98. The van der Waals surface area contributed by atoms with E-state index in [0.29, 0.717) is 34.5 Å². The first-order valence-corrected chi connectivity index (χ1v) is 9.50. The number of fused-ring (bicyclic) bond motifs is 2. The summed E-state index contributed by atoms with van der Waals surface area (Å²) in [6.07, 6.45) is 0. The average molecular weight is 395 g/mol. The van der Waals surface area contributed by atoms with Crippen molar-refractivity contribution in [2.75, 3.05) is 5.32 Å². The maximum Gasteiger partial charge on any atom is 0.319 e. The number of halogens is 1. The van der Waals surface area contributed by atoms with Crippen molar-refractivity contribution < 1.29 is 18.4 Å². The van der Waals surface area contributed by atoms with E-state index < -0.39 is 12.1 Å². The van der Waals surface area contributed by atoms with Crippen molar-refractivity contribution >= 4 is 28.6 Å². The van der Waals surface area contributed by atoms with Crippen molar-refractivity contribution in [2.24, 2.45) is 5.92 Å². The lowest BCUT2D eigenvalue weighted by Gasteiger charge is -2.21. The summed E-state index contributed by atoms with van der Waals surface area (Å²) >= 11 is 0. The number of hydrogen-bond acceptors (Lipinski definition) is 3. The van der Waals surface area contributed by atoms with Crippen molar-refractivity contribution in [3.8, 4) is 0 Å². The van der Waals surface area contributed by atoms with Crippen molar-refractivity contribution in [2.45, 2.75) is 33.4 Å². The van der Waals surface area contributed by atoms with Crippen LogP contribution >= 0.6 is 0 Å². The van der Waals surface area contributed by atoms with Crippen LogP contribution in [0.2, 0.25) is 0 Å². The summed E-state index contributed by atoms with van der Waals surface area (Å²) in [5, 5.41) is 9.16. The van der Waals surface area contributed by atoms with Crippen molar-refractivity contribution in [1.82, 2.24) is 10.6 Å². The van der Waals surface area contributed by atoms with Crippen LogP contribution in [0.25, 0.3) is 11.0 Å². The highest BCUT2D eigenvalue weighted by Gasteiger charge is 2.26. The fourth-order valence-corrected chi connectivity index (χ4v) is 3.64. The average Bonchev–Trinajstić information content (AvgIpc) is 3.20. The SMILES string of the molecule is Cc1c(C(NC(=O)Nc2ccc3c(c2)C(=O)NC3)C(C)C)oc2ccc(F)cc12. The summed E-state index contributed by atoms with van der Waals surface area (Å²) in [7, 11) is 0. The number of furan rings is 1. The number of carbonyl (C=O) groups is 2. The molecule has 6 nitrogen and oxygen atoms in total. The molecule has 0 bridgehead atoms. The molecule has 0 spiro atoms. The highest BCUT2D eigenvalue weighted by molar-refractivity contribution is 6.00. The van der Waals surface area contributed by atoms with E-state index in [1.165, 1.54) is 12.1 Å². The van der Waals surface area contributed by atoms with Gasteiger partial charge in [0.2, 0.25) is 0 Å². The molecule has 1 aliphatic rings. The summed E-state index contributed by atoms with van der Waals surface area (Å²) in [6.45, 7) is 6.30. The van der Waals surface area contributed by atoms with Gasteiger partial charge in [0.1, 0.15) is 17.2 Å². The van der Waals surface area contributed by atoms with Crippen LogP contribution in [0.4, 0.5) is 14.9 Å². The number of nitrogens with one attached hydrogen (secondary N) is 3. The van der Waals surface area contributed by atoms with Crippen molar-refractivity contribution in [1.29, 1.82) is 0 Å². The minimum Gasteiger partial charge on any atom is -0.459 e. The van der Waals surface area contributed by atoms with E-state index >= 15 is 0 Å². The normalized spacial score (nSPS) is 14.0. The summed E-state index contributed by atoms with van der Waals surface area (Å²) in [4.78, 5) is 24.5. The molecule has 7 heteroatoms. The molecule has 2 heterocycles. The first-order chi connectivity index (χ1) is 13.8. The van der Waals surface area contributed by atoms with Crippen LogP contribution in [0.3, 0.4) is 0 Å². The van der Waals surface area contributed by atoms with Crippen LogP contribution in [0.5, 0.6) is 0 Å². The standard InChI is InChI=1S/C22H22FN3O3/c1-11(2)19(20-12(3)16-8-14(23)5-7-18(16)29-20)26-22(28)25-15-6-4-13-10-24-21(27)17(13)9-15/h4-9,11,19H,10H2,1-3H3,(H,24,27)(H2,25,26,28). The van der Waals surface area contributed by atoms with Gasteiger partial charge in [-0.2, -0.15) is 0 Å². The Morgan fingerprint density at radius 1 is 1.21 bits per heavy atom. The van der Waals surface area contributed by atoms with E-state index in [9.17, 15) is 14.0 Å². The molecule has 3 aromatic rings. The predicted molar refractivity (Wildman–Crippen MR) is 108 cm³/mol. The Bertz CT molecular complexity index is 1120. The van der Waals surface area contributed by atoms with Crippen molar-refractivity contribution in [3.05, 3.63) is 64.7 Å². The zero-order chi connectivity index (χ0) is 20.7. The maximum atomic E-state index is 13.6. The van der Waals surface area contributed by atoms with Crippen LogP contribution in [0.15, 0.2) is 40.8 Å². The molecule has 1 unspecified atom stereocenters. The Hall–Kier alpha value is -3.35. The molecule has 1 aromatic heterocycles. The fourth-order valence-electron chi connectivity index (χ4n) is 3.64. The number of rotatable bonds is 4. The quantitative estimate of drug-likeness (QED) is 0.602. The van der Waals surface area contributed by atoms with Gasteiger partial charge in [-0.25, -0.2) is 9.18 Å². The van der Waals surface area contributed by atoms with Gasteiger partial charge in [-0.05, 0) is 48.7 Å². The third-order valence-electron chi connectivity index (χ3n) is 5.22. The zero-order valence-electron chi connectivity index (χ0n) is 16.4. The van der Waals surface area contributed by atoms with Gasteiger partial charge in [0, 0.05) is 28.7 Å². The molecule has 3 amide bonds. The lowest BCUT2D eigenvalue weighted by Crippen LogP contribution is -2.35. The minimum atomic E-state index is -0.409. The smallest absolute Gasteiger partial charge is 0.319 e. The Labute approximate surface area is 167 Å². The third kappa shape index (κ3) is 3.55. The Kier molecular flexibility index (Phi) is 4.74. The van der Waals surface area contributed by atoms with Gasteiger partial charge in [-0.15, -0.1) is 0 Å². The van der Waals surface area contributed by atoms with Crippen molar-refractivity contribution in [3.63, 3.8) is 0 Å². The topological polar surface area (TPSA) is 83.4 Å². The Balaban J connectivity index is 1.56. The van der Waals surface area contributed by atoms with E-state index in [1.54, 1.807) is 18.2 Å². The molecule has 0 saturated heterocycles. The summed E-state index contributed by atoms with van der Waals surface area (Å²) in [5.41, 5.74) is 3.39. The molecule has 1 atom stereocenters. The Morgan fingerprint density at radius 3 is 2.76 bits per heavy atom. The molecule has 0 fully saturated rings. The van der Waals surface area contributed by atoms with Gasteiger partial charge in [-0.1, -0.05) is 19.9 Å². The molecule has 4 rings (SSSR count). The largest absolute Gasteiger partial charge is 0.459 e. The molecule has 0 saturated carbocycles. The second kappa shape index (κ2) is 7.24. The molecule has 29 heavy (non-hydrogen) atoms. The fraction of sp³-hybridized carbons (Fsp3) is 0.273. The lowest BCUT2D eigenvalue weighted by molar-refractivity contribution is 0.0965. The third-order valence-corrected chi connectivity index (χ3v) is 5.22. The number of carbonyl (C=O) groups excluding carboxylic acids is 2. The molecule has 0 aliphatic carbocycles. The summed E-state index contributed by atoms with van der Waals surface area (Å²) < 4.78 is 19.6. The molecular formula is C22H22FN3O3. The minimum absolute atomic E-state index is 0.0376. The van der Waals surface area contributed by atoms with E-state index in [4.69, 9.17) is 4.42 Å². The summed E-state index contributed by atoms with van der Waals surface area (Å²) in [5.74, 6) is 0.161. The zero-order valence-corrected chi connectivity index (χ0v) is 16.4. The van der Waals surface area contributed by atoms with Crippen LogP contribution in [-0.2, 0) is 6.54 Å². The van der Waals surface area contributed by atoms with Crippen LogP contribution < -0.4 is 16.0 Å². The number of urea groups is 1. The van der Waals surface area contributed by atoms with Gasteiger partial charge < -0.3 is 20.4 Å². The maximum absolute atomic E-state index is 13.6. The molecule has 150 valence electrons. The van der Waals surface area contributed by atoms with Gasteiger partial charge in [0.05, 0.1) is 6.04 Å². The van der Waals surface area contributed by atoms with Crippen LogP contribution in [0.1, 0.15) is 47.1 Å². The van der Waals surface area contributed by atoms with E-state index in [-0.39, 0.29) is 17.6 Å². The number of aryl methyl sites for hydroxylation is 1. The monoisotopic (exact) mass is 395 g/mol. The second-order valence-corrected chi connectivity index (χ2v) is 7.61. The molecule has 3 N–H and O–H groups in total. The number of hydrogen-bond donors (Lipinski definition) is 3. The molecular weight excluding hydrogens is 373 g/mol. The van der Waals surface area contributed by atoms with Gasteiger partial charge >= 0.3 is 6.03 Å². The first-order valence-electron chi connectivity index (χ1n) is 9.50. The van der Waals surface area contributed by atoms with Crippen LogP contribution in [0, 0.1) is 18.7 Å². The van der Waals surface area contributed by atoms with E-state index in [0.717, 1.165) is 11.1 Å². The van der Waals surface area contributed by atoms with E-state index in [1.807, 2.05) is 26.8 Å². The number of anilines is 1. The highest BCUT2D eigenvalue weighted by Crippen LogP contribution is 2.33. The van der Waals surface area contributed by atoms with Gasteiger partial charge in [0.15, 0.2) is 0 Å². The highest BCUT2D eigenvalue weighted by atomic mass is 19.1. The summed E-state index contributed by atoms with van der Waals surface area (Å²) in [6, 6.07) is 8.81. The molecule has 2 aromatic carbocycles. The van der Waals surface area contributed by atoms with E-state index in [2.05, 4.69) is 16.0 Å². The number of benzene rings is 2. The van der Waals surface area contributed by atoms with Gasteiger partial charge in [0.25, 0.3) is 5.91 Å². The predicted octanol–water partition coefficient (Wildman–Crippen LogP) is 4.64. The molecule has 1 aliphatic heterocycles. The number of amides is 3.